The van der Waals surface area contributed by atoms with Crippen molar-refractivity contribution in [2.45, 2.75) is 6.92 Å². The fourth-order valence-electron chi connectivity index (χ4n) is 1.51. The van der Waals surface area contributed by atoms with Crippen LogP contribution in [0.15, 0.2) is 12.7 Å². The number of hydrogen-bond donors (Lipinski definition) is 1. The van der Waals surface area contributed by atoms with E-state index in [1.807, 2.05) is 14.0 Å². The molecule has 0 amide bonds. The predicted molar refractivity (Wildman–Crippen MR) is 58.7 cm³/mol. The van der Waals surface area contributed by atoms with Gasteiger partial charge in [0.1, 0.15) is 17.6 Å². The molecule has 15 heavy (non-hydrogen) atoms. The molecular formula is C8H10N6S. The van der Waals surface area contributed by atoms with Crippen LogP contribution in [-0.4, -0.2) is 29.5 Å². The zero-order valence-corrected chi connectivity index (χ0v) is 9.19. The summed E-state index contributed by atoms with van der Waals surface area (Å²) in [7, 11) is 1.81. The summed E-state index contributed by atoms with van der Waals surface area (Å²) in [5, 5.41) is 8.28. The Kier molecular flexibility index (Phi) is 2.24. The van der Waals surface area contributed by atoms with Crippen molar-refractivity contribution in [3.63, 3.8) is 0 Å². The average molecular weight is 222 g/mol. The molecule has 0 aromatic carbocycles. The lowest BCUT2D eigenvalue weighted by Crippen LogP contribution is -2.15. The van der Waals surface area contributed by atoms with Crippen LogP contribution in [0, 0.1) is 6.92 Å². The number of aromatic nitrogens is 5. The normalized spacial score (nSPS) is 10.5. The number of hydrogen-bond acceptors (Lipinski definition) is 4. The van der Waals surface area contributed by atoms with Crippen LogP contribution in [0.4, 0.5) is 0 Å². The molecule has 2 aromatic rings. The third-order valence-electron chi connectivity index (χ3n) is 2.07. The van der Waals surface area contributed by atoms with E-state index in [4.69, 9.17) is 18.0 Å². The number of aryl methyl sites for hydroxylation is 2. The second-order valence-electron chi connectivity index (χ2n) is 3.11. The Morgan fingerprint density at radius 3 is 2.80 bits per heavy atom. The maximum Gasteiger partial charge on any atom is 0.164 e. The van der Waals surface area contributed by atoms with E-state index in [0.717, 1.165) is 17.1 Å². The maximum atomic E-state index is 5.65. The molecule has 0 unspecified atom stereocenters. The summed E-state index contributed by atoms with van der Waals surface area (Å²) in [6.07, 6.45) is 3.03. The van der Waals surface area contributed by atoms with Crippen LogP contribution in [0.3, 0.4) is 0 Å². The zero-order chi connectivity index (χ0) is 11.0. The number of rotatable bonds is 2. The minimum absolute atomic E-state index is 0.311. The molecule has 0 saturated heterocycles. The molecule has 0 bridgehead atoms. The van der Waals surface area contributed by atoms with Gasteiger partial charge in [-0.3, -0.25) is 0 Å². The summed E-state index contributed by atoms with van der Waals surface area (Å²) in [6, 6.07) is 0. The molecule has 2 heterocycles. The Hall–Kier alpha value is -1.76. The standard InChI is InChI=1S/C8H10N6S/c1-5-6(7(9)15)8(13(2)12-5)14-4-10-3-11-14/h3-4H,1-2H3,(H2,9,15). The molecule has 78 valence electrons. The highest BCUT2D eigenvalue weighted by Gasteiger charge is 2.17. The van der Waals surface area contributed by atoms with Crippen molar-refractivity contribution in [3.05, 3.63) is 23.9 Å². The smallest absolute Gasteiger partial charge is 0.164 e. The fourth-order valence-corrected chi connectivity index (χ4v) is 1.75. The third-order valence-corrected chi connectivity index (χ3v) is 2.28. The predicted octanol–water partition coefficient (Wildman–Crippen LogP) is -0.0566. The second kappa shape index (κ2) is 3.43. The molecule has 2 aromatic heterocycles. The average Bonchev–Trinajstić information content (AvgIpc) is 2.71. The summed E-state index contributed by atoms with van der Waals surface area (Å²) >= 11 is 4.99. The minimum Gasteiger partial charge on any atom is -0.389 e. The lowest BCUT2D eigenvalue weighted by atomic mass is 10.2. The fraction of sp³-hybridized carbons (Fsp3) is 0.250. The highest BCUT2D eigenvalue weighted by atomic mass is 32.1. The zero-order valence-electron chi connectivity index (χ0n) is 8.38. The first-order chi connectivity index (χ1) is 7.11. The van der Waals surface area contributed by atoms with Crippen molar-refractivity contribution >= 4 is 17.2 Å². The van der Waals surface area contributed by atoms with Gasteiger partial charge in [0, 0.05) is 7.05 Å². The third kappa shape index (κ3) is 1.50. The van der Waals surface area contributed by atoms with E-state index in [0.29, 0.717) is 4.99 Å². The molecular weight excluding hydrogens is 212 g/mol. The van der Waals surface area contributed by atoms with Gasteiger partial charge >= 0.3 is 0 Å². The van der Waals surface area contributed by atoms with Crippen LogP contribution < -0.4 is 5.73 Å². The van der Waals surface area contributed by atoms with E-state index < -0.39 is 0 Å². The Bertz CT molecular complexity index is 497. The molecule has 0 spiro atoms. The van der Waals surface area contributed by atoms with E-state index in [2.05, 4.69) is 15.2 Å². The topological polar surface area (TPSA) is 74.5 Å². The minimum atomic E-state index is 0.311. The van der Waals surface area contributed by atoms with Gasteiger partial charge in [0.15, 0.2) is 5.82 Å². The quantitative estimate of drug-likeness (QED) is 0.721. The number of thiocarbonyl (C=S) groups is 1. The van der Waals surface area contributed by atoms with Gasteiger partial charge in [-0.1, -0.05) is 12.2 Å². The van der Waals surface area contributed by atoms with Crippen molar-refractivity contribution < 1.29 is 0 Å². The summed E-state index contributed by atoms with van der Waals surface area (Å²) in [5.74, 6) is 0.734. The van der Waals surface area contributed by atoms with Gasteiger partial charge in [0.05, 0.1) is 11.3 Å². The lowest BCUT2D eigenvalue weighted by Gasteiger charge is -2.03. The summed E-state index contributed by atoms with van der Waals surface area (Å²) in [5.41, 5.74) is 7.17. The summed E-state index contributed by atoms with van der Waals surface area (Å²) < 4.78 is 3.27. The van der Waals surface area contributed by atoms with Crippen LogP contribution in [0.2, 0.25) is 0 Å². The van der Waals surface area contributed by atoms with Crippen LogP contribution >= 0.6 is 12.2 Å². The highest BCUT2D eigenvalue weighted by Crippen LogP contribution is 2.16. The van der Waals surface area contributed by atoms with Gasteiger partial charge in [0.2, 0.25) is 0 Å². The van der Waals surface area contributed by atoms with Crippen molar-refractivity contribution in [2.24, 2.45) is 12.8 Å². The summed E-state index contributed by atoms with van der Waals surface area (Å²) in [6.45, 7) is 1.86. The van der Waals surface area contributed by atoms with E-state index >= 15 is 0 Å². The molecule has 2 rings (SSSR count). The van der Waals surface area contributed by atoms with Gasteiger partial charge in [-0.25, -0.2) is 14.3 Å². The van der Waals surface area contributed by atoms with Crippen LogP contribution in [0.5, 0.6) is 0 Å². The monoisotopic (exact) mass is 222 g/mol. The number of nitrogens with zero attached hydrogens (tertiary/aromatic N) is 5. The molecule has 0 fully saturated rings. The van der Waals surface area contributed by atoms with E-state index in [-0.39, 0.29) is 0 Å². The van der Waals surface area contributed by atoms with E-state index in [1.165, 1.54) is 6.33 Å². The lowest BCUT2D eigenvalue weighted by molar-refractivity contribution is 0.693. The summed E-state index contributed by atoms with van der Waals surface area (Å²) in [4.78, 5) is 4.19. The number of nitrogens with two attached hydrogens (primary N) is 1. The Morgan fingerprint density at radius 1 is 1.53 bits per heavy atom. The Balaban J connectivity index is 2.70. The molecule has 0 saturated carbocycles. The van der Waals surface area contributed by atoms with Gasteiger partial charge in [0.25, 0.3) is 0 Å². The second-order valence-corrected chi connectivity index (χ2v) is 3.55. The molecule has 2 N–H and O–H groups in total. The maximum absolute atomic E-state index is 5.65. The van der Waals surface area contributed by atoms with Crippen LogP contribution in [-0.2, 0) is 7.05 Å². The molecule has 0 aliphatic rings. The first-order valence-electron chi connectivity index (χ1n) is 4.29. The van der Waals surface area contributed by atoms with Gasteiger partial charge in [-0.2, -0.15) is 10.2 Å². The molecule has 0 aliphatic carbocycles. The van der Waals surface area contributed by atoms with Crippen molar-refractivity contribution in [1.29, 1.82) is 0 Å². The van der Waals surface area contributed by atoms with Crippen LogP contribution in [0.25, 0.3) is 5.82 Å². The first kappa shape index (κ1) is 9.78. The van der Waals surface area contributed by atoms with Crippen LogP contribution in [0.1, 0.15) is 11.3 Å². The van der Waals surface area contributed by atoms with Gasteiger partial charge in [-0.05, 0) is 6.92 Å². The molecule has 6 nitrogen and oxygen atoms in total. The van der Waals surface area contributed by atoms with E-state index in [1.54, 1.807) is 15.7 Å². The first-order valence-corrected chi connectivity index (χ1v) is 4.70. The Labute approximate surface area is 91.7 Å². The van der Waals surface area contributed by atoms with Crippen molar-refractivity contribution in [3.8, 4) is 5.82 Å². The van der Waals surface area contributed by atoms with Crippen molar-refractivity contribution in [1.82, 2.24) is 24.5 Å². The highest BCUT2D eigenvalue weighted by molar-refractivity contribution is 7.80. The molecule has 0 aliphatic heterocycles. The SMILES string of the molecule is Cc1nn(C)c(-n2cncn2)c1C(N)=S. The van der Waals surface area contributed by atoms with Crippen molar-refractivity contribution in [2.75, 3.05) is 0 Å². The largest absolute Gasteiger partial charge is 0.389 e. The molecule has 7 heteroatoms. The molecule has 0 radical (unpaired) electrons. The van der Waals surface area contributed by atoms with Gasteiger partial charge in [-0.15, -0.1) is 0 Å². The van der Waals surface area contributed by atoms with E-state index in [9.17, 15) is 0 Å². The van der Waals surface area contributed by atoms with Gasteiger partial charge < -0.3 is 5.73 Å². The Morgan fingerprint density at radius 2 is 2.27 bits per heavy atom. The molecule has 0 atom stereocenters.